The molecule has 5 heteroatoms. The van der Waals surface area contributed by atoms with Crippen LogP contribution in [0.2, 0.25) is 0 Å². The Bertz CT molecular complexity index is 573. The molecular formula is C16H21N3OS. The van der Waals surface area contributed by atoms with Crippen molar-refractivity contribution < 1.29 is 5.11 Å². The molecule has 21 heavy (non-hydrogen) atoms. The molecule has 1 saturated heterocycles. The lowest BCUT2D eigenvalue weighted by molar-refractivity contribution is 0.173. The van der Waals surface area contributed by atoms with Crippen molar-refractivity contribution in [2.24, 2.45) is 0 Å². The van der Waals surface area contributed by atoms with Crippen LogP contribution in [0.5, 0.6) is 0 Å². The highest BCUT2D eigenvalue weighted by Gasteiger charge is 2.23. The molecule has 2 aromatic rings. The molecule has 4 nitrogen and oxygen atoms in total. The Labute approximate surface area is 129 Å². The van der Waals surface area contributed by atoms with Crippen molar-refractivity contribution in [3.63, 3.8) is 0 Å². The van der Waals surface area contributed by atoms with Gasteiger partial charge in [-0.2, -0.15) is 0 Å². The van der Waals surface area contributed by atoms with E-state index in [4.69, 9.17) is 0 Å². The quantitative estimate of drug-likeness (QED) is 0.888. The van der Waals surface area contributed by atoms with E-state index in [2.05, 4.69) is 39.5 Å². The van der Waals surface area contributed by atoms with E-state index in [1.807, 2.05) is 18.8 Å². The Kier molecular flexibility index (Phi) is 4.65. The van der Waals surface area contributed by atoms with Crippen molar-refractivity contribution in [1.29, 1.82) is 0 Å². The van der Waals surface area contributed by atoms with Crippen LogP contribution in [0.4, 0.5) is 0 Å². The van der Waals surface area contributed by atoms with Gasteiger partial charge in [0.1, 0.15) is 0 Å². The van der Waals surface area contributed by atoms with E-state index >= 15 is 0 Å². The molecule has 1 aliphatic rings. The summed E-state index contributed by atoms with van der Waals surface area (Å²) in [5, 5.41) is 13.1. The van der Waals surface area contributed by atoms with Crippen LogP contribution in [0, 0.1) is 0 Å². The molecule has 2 heterocycles. The number of thiazole rings is 1. The summed E-state index contributed by atoms with van der Waals surface area (Å²) >= 11 is 1.66. The molecule has 0 amide bonds. The third-order valence-electron chi connectivity index (χ3n) is 4.04. The number of nitrogens with zero attached hydrogens (tertiary/aromatic N) is 2. The Balaban J connectivity index is 1.76. The molecule has 0 unspecified atom stereocenters. The molecule has 1 aromatic carbocycles. The summed E-state index contributed by atoms with van der Waals surface area (Å²) in [7, 11) is 2.00. The summed E-state index contributed by atoms with van der Waals surface area (Å²) in [6.45, 7) is 2.69. The predicted octanol–water partition coefficient (Wildman–Crippen LogP) is 2.14. The fraction of sp³-hybridized carbons (Fsp3) is 0.438. The first-order valence-electron chi connectivity index (χ1n) is 7.33. The first-order valence-corrected chi connectivity index (χ1v) is 8.20. The molecule has 1 aromatic heterocycles. The number of hydrogen-bond donors (Lipinski definition) is 2. The van der Waals surface area contributed by atoms with Crippen LogP contribution in [-0.4, -0.2) is 47.8 Å². The number of hydrogen-bond acceptors (Lipinski definition) is 5. The van der Waals surface area contributed by atoms with E-state index in [0.29, 0.717) is 0 Å². The zero-order valence-corrected chi connectivity index (χ0v) is 13.0. The fourth-order valence-corrected chi connectivity index (χ4v) is 3.49. The lowest BCUT2D eigenvalue weighted by Crippen LogP contribution is -2.33. The van der Waals surface area contributed by atoms with Crippen molar-refractivity contribution in [3.05, 3.63) is 41.5 Å². The SMILES string of the molecule is CN[C@H](CN1CC[C@H](O)C1)c1cccc(-c2cncs2)c1. The summed E-state index contributed by atoms with van der Waals surface area (Å²) < 4.78 is 0. The molecule has 0 saturated carbocycles. The lowest BCUT2D eigenvalue weighted by Gasteiger charge is -2.24. The van der Waals surface area contributed by atoms with Gasteiger partial charge < -0.3 is 10.4 Å². The predicted molar refractivity (Wildman–Crippen MR) is 86.4 cm³/mol. The summed E-state index contributed by atoms with van der Waals surface area (Å²) in [6.07, 6.45) is 2.64. The van der Waals surface area contributed by atoms with E-state index in [1.54, 1.807) is 11.3 Å². The molecule has 0 aliphatic carbocycles. The van der Waals surface area contributed by atoms with Crippen LogP contribution in [0.15, 0.2) is 36.0 Å². The third kappa shape index (κ3) is 3.49. The maximum Gasteiger partial charge on any atom is 0.0797 e. The minimum Gasteiger partial charge on any atom is -0.392 e. The number of β-amino-alcohol motifs (C(OH)–C–C–N with tert-alkyl or cyclic N) is 1. The van der Waals surface area contributed by atoms with Gasteiger partial charge >= 0.3 is 0 Å². The number of aliphatic hydroxyl groups excluding tert-OH is 1. The smallest absolute Gasteiger partial charge is 0.0797 e. The van der Waals surface area contributed by atoms with Gasteiger partial charge in [-0.15, -0.1) is 11.3 Å². The van der Waals surface area contributed by atoms with Crippen molar-refractivity contribution in [1.82, 2.24) is 15.2 Å². The van der Waals surface area contributed by atoms with Gasteiger partial charge in [0.05, 0.1) is 16.5 Å². The number of aliphatic hydroxyl groups is 1. The average Bonchev–Trinajstić information content (AvgIpc) is 3.16. The van der Waals surface area contributed by atoms with Gasteiger partial charge in [0.15, 0.2) is 0 Å². The highest BCUT2D eigenvalue weighted by molar-refractivity contribution is 7.13. The first kappa shape index (κ1) is 14.7. The molecule has 3 rings (SSSR count). The number of aromatic nitrogens is 1. The largest absolute Gasteiger partial charge is 0.392 e. The standard InChI is InChI=1S/C16H21N3OS/c1-17-15(10-19-6-5-14(20)9-19)12-3-2-4-13(7-12)16-8-18-11-21-16/h2-4,7-8,11,14-15,17,20H,5-6,9-10H2,1H3/t14-,15+/m0/s1. The van der Waals surface area contributed by atoms with Gasteiger partial charge in [-0.3, -0.25) is 9.88 Å². The second-order valence-corrected chi connectivity index (χ2v) is 6.42. The van der Waals surface area contributed by atoms with E-state index in [1.165, 1.54) is 16.0 Å². The minimum atomic E-state index is -0.161. The number of likely N-dealkylation sites (N-methyl/N-ethyl adjacent to an activating group) is 1. The summed E-state index contributed by atoms with van der Waals surface area (Å²) in [5.74, 6) is 0. The topological polar surface area (TPSA) is 48.4 Å². The molecule has 0 radical (unpaired) electrons. The van der Waals surface area contributed by atoms with Gasteiger partial charge in [0.25, 0.3) is 0 Å². The van der Waals surface area contributed by atoms with Gasteiger partial charge in [0.2, 0.25) is 0 Å². The second-order valence-electron chi connectivity index (χ2n) is 5.53. The molecule has 1 aliphatic heterocycles. The van der Waals surface area contributed by atoms with Crippen LogP contribution in [0.25, 0.3) is 10.4 Å². The Hall–Kier alpha value is -1.27. The zero-order valence-electron chi connectivity index (χ0n) is 12.2. The lowest BCUT2D eigenvalue weighted by atomic mass is 10.0. The molecular weight excluding hydrogens is 282 g/mol. The Morgan fingerprint density at radius 3 is 3.10 bits per heavy atom. The van der Waals surface area contributed by atoms with Crippen LogP contribution < -0.4 is 5.32 Å². The maximum atomic E-state index is 9.66. The first-order chi connectivity index (χ1) is 10.3. The number of benzene rings is 1. The molecule has 0 bridgehead atoms. The number of rotatable bonds is 5. The number of likely N-dealkylation sites (tertiary alicyclic amines) is 1. The van der Waals surface area contributed by atoms with E-state index in [0.717, 1.165) is 26.1 Å². The van der Waals surface area contributed by atoms with Gasteiger partial charge in [-0.1, -0.05) is 18.2 Å². The molecule has 1 fully saturated rings. The maximum absolute atomic E-state index is 9.66. The van der Waals surface area contributed by atoms with Crippen molar-refractivity contribution in [2.75, 3.05) is 26.7 Å². The normalized spacial score (nSPS) is 20.8. The minimum absolute atomic E-state index is 0.161. The highest BCUT2D eigenvalue weighted by atomic mass is 32.1. The molecule has 2 N–H and O–H groups in total. The van der Waals surface area contributed by atoms with Gasteiger partial charge in [0, 0.05) is 31.9 Å². The van der Waals surface area contributed by atoms with Crippen molar-refractivity contribution in [3.8, 4) is 10.4 Å². The summed E-state index contributed by atoms with van der Waals surface area (Å²) in [4.78, 5) is 7.67. The van der Waals surface area contributed by atoms with Crippen molar-refractivity contribution >= 4 is 11.3 Å². The second kappa shape index (κ2) is 6.66. The Morgan fingerprint density at radius 1 is 1.52 bits per heavy atom. The summed E-state index contributed by atoms with van der Waals surface area (Å²) in [6, 6.07) is 8.92. The van der Waals surface area contributed by atoms with E-state index in [9.17, 15) is 5.11 Å². The van der Waals surface area contributed by atoms with Crippen LogP contribution >= 0.6 is 11.3 Å². The monoisotopic (exact) mass is 303 g/mol. The molecule has 112 valence electrons. The van der Waals surface area contributed by atoms with Crippen LogP contribution in [0.3, 0.4) is 0 Å². The number of nitrogens with one attached hydrogen (secondary N) is 1. The summed E-state index contributed by atoms with van der Waals surface area (Å²) in [5.41, 5.74) is 4.37. The van der Waals surface area contributed by atoms with Crippen LogP contribution in [-0.2, 0) is 0 Å². The van der Waals surface area contributed by atoms with E-state index in [-0.39, 0.29) is 12.1 Å². The zero-order chi connectivity index (χ0) is 14.7. The molecule has 2 atom stereocenters. The molecule has 0 spiro atoms. The fourth-order valence-electron chi connectivity index (χ4n) is 2.87. The highest BCUT2D eigenvalue weighted by Crippen LogP contribution is 2.26. The Morgan fingerprint density at radius 2 is 2.43 bits per heavy atom. The van der Waals surface area contributed by atoms with Gasteiger partial charge in [-0.25, -0.2) is 0 Å². The average molecular weight is 303 g/mol. The van der Waals surface area contributed by atoms with Crippen LogP contribution in [0.1, 0.15) is 18.0 Å². The van der Waals surface area contributed by atoms with Crippen molar-refractivity contribution in [2.45, 2.75) is 18.6 Å². The third-order valence-corrected chi connectivity index (χ3v) is 4.86. The van der Waals surface area contributed by atoms with E-state index < -0.39 is 0 Å². The van der Waals surface area contributed by atoms with Gasteiger partial charge in [-0.05, 0) is 30.7 Å².